The summed E-state index contributed by atoms with van der Waals surface area (Å²) < 4.78 is 35.0. The lowest BCUT2D eigenvalue weighted by Gasteiger charge is -2.34. The SMILES string of the molecule is O=C(/C=C/c1ccncc1)N1CCN(C(=O)c2ccc3c(c2)OC(F)(F)O3)CC1. The Morgan fingerprint density at radius 3 is 2.34 bits per heavy atom. The lowest BCUT2D eigenvalue weighted by atomic mass is 10.1. The number of carbonyl (C=O) groups excluding carboxylic acids is 2. The Kier molecular flexibility index (Phi) is 4.87. The Balaban J connectivity index is 1.34. The number of pyridine rings is 1. The Bertz CT molecular complexity index is 957. The molecule has 1 aromatic carbocycles. The van der Waals surface area contributed by atoms with Gasteiger partial charge in [0.2, 0.25) is 5.91 Å². The monoisotopic (exact) mass is 401 g/mol. The minimum Gasteiger partial charge on any atom is -0.395 e. The van der Waals surface area contributed by atoms with E-state index in [0.717, 1.165) is 5.56 Å². The van der Waals surface area contributed by atoms with Crippen molar-refractivity contribution in [3.8, 4) is 11.5 Å². The Morgan fingerprint density at radius 1 is 0.966 bits per heavy atom. The first-order valence-electron chi connectivity index (χ1n) is 8.97. The van der Waals surface area contributed by atoms with Crippen LogP contribution in [0.25, 0.3) is 6.08 Å². The first-order valence-corrected chi connectivity index (χ1v) is 8.97. The summed E-state index contributed by atoms with van der Waals surface area (Å²) in [4.78, 5) is 32.1. The topological polar surface area (TPSA) is 72.0 Å². The number of fused-ring (bicyclic) bond motifs is 1. The molecule has 2 aliphatic heterocycles. The van der Waals surface area contributed by atoms with Crippen molar-refractivity contribution in [2.24, 2.45) is 0 Å². The van der Waals surface area contributed by atoms with E-state index in [9.17, 15) is 18.4 Å². The number of benzene rings is 1. The van der Waals surface area contributed by atoms with E-state index in [4.69, 9.17) is 0 Å². The second kappa shape index (κ2) is 7.50. The van der Waals surface area contributed by atoms with Gasteiger partial charge in [-0.15, -0.1) is 8.78 Å². The minimum atomic E-state index is -3.72. The normalized spacial score (nSPS) is 17.6. The highest BCUT2D eigenvalue weighted by Gasteiger charge is 2.43. The van der Waals surface area contributed by atoms with Crippen molar-refractivity contribution in [1.82, 2.24) is 14.8 Å². The number of rotatable bonds is 3. The molecule has 0 saturated carbocycles. The van der Waals surface area contributed by atoms with Gasteiger partial charge in [-0.1, -0.05) is 0 Å². The number of ether oxygens (including phenoxy) is 2. The molecule has 1 aromatic heterocycles. The van der Waals surface area contributed by atoms with E-state index in [0.29, 0.717) is 26.2 Å². The quantitative estimate of drug-likeness (QED) is 0.739. The van der Waals surface area contributed by atoms with Crippen LogP contribution in [0.1, 0.15) is 15.9 Å². The third-order valence-electron chi connectivity index (χ3n) is 4.65. The van der Waals surface area contributed by atoms with E-state index in [1.165, 1.54) is 24.3 Å². The molecular weight excluding hydrogens is 384 g/mol. The summed E-state index contributed by atoms with van der Waals surface area (Å²) in [5, 5.41) is 0. The zero-order valence-corrected chi connectivity index (χ0v) is 15.3. The van der Waals surface area contributed by atoms with Crippen molar-refractivity contribution in [2.45, 2.75) is 6.29 Å². The average Bonchev–Trinajstić information content (AvgIpc) is 3.05. The van der Waals surface area contributed by atoms with E-state index in [-0.39, 0.29) is 28.9 Å². The Morgan fingerprint density at radius 2 is 1.62 bits per heavy atom. The molecule has 0 atom stereocenters. The van der Waals surface area contributed by atoms with E-state index in [2.05, 4.69) is 14.5 Å². The summed E-state index contributed by atoms with van der Waals surface area (Å²) >= 11 is 0. The molecule has 9 heteroatoms. The number of piperazine rings is 1. The number of hydrogen-bond donors (Lipinski definition) is 0. The minimum absolute atomic E-state index is 0.108. The van der Waals surface area contributed by atoms with Crippen LogP contribution >= 0.6 is 0 Å². The molecule has 4 rings (SSSR count). The van der Waals surface area contributed by atoms with Crippen LogP contribution in [0.2, 0.25) is 0 Å². The smallest absolute Gasteiger partial charge is 0.395 e. The van der Waals surface area contributed by atoms with Gasteiger partial charge in [-0.3, -0.25) is 14.6 Å². The molecule has 2 amide bonds. The maximum Gasteiger partial charge on any atom is 0.586 e. The van der Waals surface area contributed by atoms with Gasteiger partial charge < -0.3 is 19.3 Å². The zero-order valence-electron chi connectivity index (χ0n) is 15.3. The standard InChI is InChI=1S/C20H17F2N3O4/c21-20(22)28-16-3-2-15(13-17(16)29-20)19(27)25-11-9-24(10-12-25)18(26)4-1-14-5-7-23-8-6-14/h1-8,13H,9-12H2/b4-1+. The van der Waals surface area contributed by atoms with E-state index in [1.54, 1.807) is 40.4 Å². The fourth-order valence-electron chi connectivity index (χ4n) is 3.14. The van der Waals surface area contributed by atoms with Crippen molar-refractivity contribution in [3.63, 3.8) is 0 Å². The van der Waals surface area contributed by atoms with E-state index in [1.807, 2.05) is 0 Å². The van der Waals surface area contributed by atoms with Crippen LogP contribution in [0.15, 0.2) is 48.8 Å². The van der Waals surface area contributed by atoms with Crippen LogP contribution in [0.4, 0.5) is 8.78 Å². The van der Waals surface area contributed by atoms with Crippen molar-refractivity contribution in [1.29, 1.82) is 0 Å². The molecule has 0 N–H and O–H groups in total. The molecule has 0 radical (unpaired) electrons. The van der Waals surface area contributed by atoms with Gasteiger partial charge in [0, 0.05) is 50.2 Å². The molecule has 29 heavy (non-hydrogen) atoms. The van der Waals surface area contributed by atoms with E-state index < -0.39 is 6.29 Å². The lowest BCUT2D eigenvalue weighted by molar-refractivity contribution is -0.286. The Labute approximate surface area is 165 Å². The average molecular weight is 401 g/mol. The van der Waals surface area contributed by atoms with Gasteiger partial charge in [-0.25, -0.2) is 0 Å². The third-order valence-corrected chi connectivity index (χ3v) is 4.65. The van der Waals surface area contributed by atoms with E-state index >= 15 is 0 Å². The molecule has 2 aromatic rings. The summed E-state index contributed by atoms with van der Waals surface area (Å²) in [7, 11) is 0. The number of aromatic nitrogens is 1. The number of alkyl halides is 2. The maximum absolute atomic E-state index is 13.1. The number of halogens is 2. The van der Waals surface area contributed by atoms with Gasteiger partial charge in [-0.2, -0.15) is 0 Å². The molecule has 0 unspecified atom stereocenters. The first kappa shape index (κ1) is 18.9. The molecular formula is C20H17F2N3O4. The van der Waals surface area contributed by atoms with Gasteiger partial charge in [0.1, 0.15) is 0 Å². The Hall–Kier alpha value is -3.49. The second-order valence-corrected chi connectivity index (χ2v) is 6.56. The van der Waals surface area contributed by atoms with Crippen LogP contribution in [-0.2, 0) is 4.79 Å². The van der Waals surface area contributed by atoms with Crippen molar-refractivity contribution >= 4 is 17.9 Å². The molecule has 150 valence electrons. The van der Waals surface area contributed by atoms with Crippen molar-refractivity contribution < 1.29 is 27.8 Å². The number of amides is 2. The fraction of sp³-hybridized carbons (Fsp3) is 0.250. The molecule has 1 saturated heterocycles. The van der Waals surface area contributed by atoms with Crippen LogP contribution in [0.5, 0.6) is 11.5 Å². The number of carbonyl (C=O) groups is 2. The molecule has 0 bridgehead atoms. The second-order valence-electron chi connectivity index (χ2n) is 6.56. The summed E-state index contributed by atoms with van der Waals surface area (Å²) in [6, 6.07) is 7.53. The van der Waals surface area contributed by atoms with Gasteiger partial charge in [0.15, 0.2) is 11.5 Å². The highest BCUT2D eigenvalue weighted by Crippen LogP contribution is 2.41. The molecule has 3 heterocycles. The molecule has 2 aliphatic rings. The zero-order chi connectivity index (χ0) is 20.4. The van der Waals surface area contributed by atoms with Gasteiger partial charge in [-0.05, 0) is 42.0 Å². The molecule has 1 fully saturated rings. The molecule has 0 spiro atoms. The van der Waals surface area contributed by atoms with Crippen molar-refractivity contribution in [3.05, 3.63) is 59.9 Å². The van der Waals surface area contributed by atoms with Gasteiger partial charge >= 0.3 is 6.29 Å². The predicted molar refractivity (Wildman–Crippen MR) is 98.4 cm³/mol. The number of nitrogens with zero attached hydrogens (tertiary/aromatic N) is 3. The molecule has 0 aliphatic carbocycles. The predicted octanol–water partition coefficient (Wildman–Crippen LogP) is 2.40. The lowest BCUT2D eigenvalue weighted by Crippen LogP contribution is -2.50. The summed E-state index contributed by atoms with van der Waals surface area (Å²) in [5.41, 5.74) is 1.10. The number of hydrogen-bond acceptors (Lipinski definition) is 5. The maximum atomic E-state index is 13.1. The first-order chi connectivity index (χ1) is 13.9. The summed E-state index contributed by atoms with van der Waals surface area (Å²) in [5.74, 6) is -0.732. The third kappa shape index (κ3) is 4.18. The van der Waals surface area contributed by atoms with Gasteiger partial charge in [0.25, 0.3) is 5.91 Å². The van der Waals surface area contributed by atoms with Crippen LogP contribution in [-0.4, -0.2) is 59.1 Å². The largest absolute Gasteiger partial charge is 0.586 e. The highest BCUT2D eigenvalue weighted by molar-refractivity contribution is 5.95. The summed E-state index contributed by atoms with van der Waals surface area (Å²) in [6.07, 6.45) is 2.77. The summed E-state index contributed by atoms with van der Waals surface area (Å²) in [6.45, 7) is 1.46. The van der Waals surface area contributed by atoms with Gasteiger partial charge in [0.05, 0.1) is 0 Å². The van der Waals surface area contributed by atoms with Crippen LogP contribution in [0, 0.1) is 0 Å². The van der Waals surface area contributed by atoms with Crippen LogP contribution in [0.3, 0.4) is 0 Å². The van der Waals surface area contributed by atoms with Crippen LogP contribution < -0.4 is 9.47 Å². The highest BCUT2D eigenvalue weighted by atomic mass is 19.3. The molecule has 7 nitrogen and oxygen atoms in total. The van der Waals surface area contributed by atoms with Crippen molar-refractivity contribution in [2.75, 3.05) is 26.2 Å². The fourth-order valence-corrected chi connectivity index (χ4v) is 3.14.